The third-order valence-corrected chi connectivity index (χ3v) is 4.78. The molecular weight excluding hydrogens is 369 g/mol. The molecule has 3 rings (SSSR count). The zero-order chi connectivity index (χ0) is 20.0. The summed E-state index contributed by atoms with van der Waals surface area (Å²) in [6.07, 6.45) is -4.65. The second-order valence-corrected chi connectivity index (χ2v) is 6.82. The van der Waals surface area contributed by atoms with Gasteiger partial charge in [-0.2, -0.15) is 0 Å². The number of alkyl halides is 3. The molecule has 0 N–H and O–H groups in total. The van der Waals surface area contributed by atoms with E-state index in [4.69, 9.17) is 0 Å². The minimum atomic E-state index is -4.81. The number of rotatable bonds is 7. The van der Waals surface area contributed by atoms with Crippen molar-refractivity contribution in [3.8, 4) is 5.75 Å². The lowest BCUT2D eigenvalue weighted by atomic mass is 10.1. The molecule has 2 aromatic rings. The number of piperazine rings is 1. The summed E-state index contributed by atoms with van der Waals surface area (Å²) in [4.78, 5) is 16.9. The minimum absolute atomic E-state index is 0.0254. The average Bonchev–Trinajstić information content (AvgIpc) is 2.67. The number of benzene rings is 2. The highest BCUT2D eigenvalue weighted by Crippen LogP contribution is 2.27. The highest BCUT2D eigenvalue weighted by Gasteiger charge is 2.32. The van der Waals surface area contributed by atoms with Gasteiger partial charge in [0.05, 0.1) is 5.56 Å². The van der Waals surface area contributed by atoms with Crippen molar-refractivity contribution >= 4 is 5.78 Å². The van der Waals surface area contributed by atoms with E-state index in [1.54, 1.807) is 6.07 Å². The Hall–Kier alpha value is -2.38. The number of para-hydroxylation sites is 1. The van der Waals surface area contributed by atoms with Crippen molar-refractivity contribution in [1.82, 2.24) is 9.80 Å². The molecule has 1 fully saturated rings. The average molecular weight is 392 g/mol. The van der Waals surface area contributed by atoms with E-state index >= 15 is 0 Å². The fraction of sp³-hybridized carbons (Fsp3) is 0.381. The van der Waals surface area contributed by atoms with Crippen LogP contribution in [0.2, 0.25) is 0 Å². The highest BCUT2D eigenvalue weighted by atomic mass is 19.4. The molecule has 0 saturated carbocycles. The van der Waals surface area contributed by atoms with E-state index in [2.05, 4.69) is 26.7 Å². The molecule has 7 heteroatoms. The number of hydrogen-bond donors (Lipinski definition) is 0. The molecular formula is C21H23F3N2O2. The van der Waals surface area contributed by atoms with Gasteiger partial charge in [-0.25, -0.2) is 0 Å². The molecule has 0 unspecified atom stereocenters. The minimum Gasteiger partial charge on any atom is -0.405 e. The molecule has 0 radical (unpaired) electrons. The third kappa shape index (κ3) is 6.07. The van der Waals surface area contributed by atoms with Gasteiger partial charge in [-0.15, -0.1) is 13.2 Å². The van der Waals surface area contributed by atoms with Crippen LogP contribution in [0.3, 0.4) is 0 Å². The Balaban J connectivity index is 1.47. The van der Waals surface area contributed by atoms with Gasteiger partial charge in [-0.1, -0.05) is 42.5 Å². The molecule has 1 saturated heterocycles. The second-order valence-electron chi connectivity index (χ2n) is 6.82. The first-order chi connectivity index (χ1) is 13.4. The summed E-state index contributed by atoms with van der Waals surface area (Å²) in [6, 6.07) is 15.8. The number of nitrogens with zero attached hydrogens (tertiary/aromatic N) is 2. The maximum Gasteiger partial charge on any atom is 0.573 e. The lowest BCUT2D eigenvalue weighted by molar-refractivity contribution is -0.274. The van der Waals surface area contributed by atoms with Crippen molar-refractivity contribution in [3.05, 3.63) is 65.7 Å². The maximum absolute atomic E-state index is 12.5. The van der Waals surface area contributed by atoms with E-state index < -0.39 is 12.1 Å². The van der Waals surface area contributed by atoms with Crippen molar-refractivity contribution in [2.45, 2.75) is 19.3 Å². The first kappa shape index (κ1) is 20.4. The Morgan fingerprint density at radius 3 is 2.18 bits per heavy atom. The lowest BCUT2D eigenvalue weighted by Gasteiger charge is -2.34. The van der Waals surface area contributed by atoms with E-state index in [0.717, 1.165) is 32.7 Å². The number of halogens is 3. The van der Waals surface area contributed by atoms with Crippen molar-refractivity contribution in [1.29, 1.82) is 0 Å². The van der Waals surface area contributed by atoms with E-state index in [1.807, 2.05) is 18.2 Å². The molecule has 28 heavy (non-hydrogen) atoms. The van der Waals surface area contributed by atoms with Crippen molar-refractivity contribution in [3.63, 3.8) is 0 Å². The van der Waals surface area contributed by atoms with Gasteiger partial charge in [0.15, 0.2) is 5.78 Å². The smallest absolute Gasteiger partial charge is 0.405 e. The largest absolute Gasteiger partial charge is 0.573 e. The standard InChI is InChI=1S/C21H23F3N2O2/c22-21(23,24)28-20-9-5-4-8-18(20)19(27)10-11-25-12-14-26(15-13-25)16-17-6-2-1-3-7-17/h1-9H,10-16H2. The third-order valence-electron chi connectivity index (χ3n) is 4.78. The van der Waals surface area contributed by atoms with Gasteiger partial charge in [0.2, 0.25) is 0 Å². The molecule has 0 spiro atoms. The summed E-state index contributed by atoms with van der Waals surface area (Å²) in [5.74, 6) is -0.778. The monoisotopic (exact) mass is 392 g/mol. The Labute approximate surface area is 162 Å². The topological polar surface area (TPSA) is 32.8 Å². The van der Waals surface area contributed by atoms with Crippen LogP contribution < -0.4 is 4.74 Å². The number of ketones is 1. The fourth-order valence-electron chi connectivity index (χ4n) is 3.32. The van der Waals surface area contributed by atoms with Crippen molar-refractivity contribution < 1.29 is 22.7 Å². The van der Waals surface area contributed by atoms with Gasteiger partial charge in [0.1, 0.15) is 5.75 Å². The van der Waals surface area contributed by atoms with Crippen LogP contribution in [-0.2, 0) is 6.54 Å². The fourth-order valence-corrected chi connectivity index (χ4v) is 3.32. The van der Waals surface area contributed by atoms with Crippen LogP contribution in [0, 0.1) is 0 Å². The quantitative estimate of drug-likeness (QED) is 0.668. The van der Waals surface area contributed by atoms with E-state index in [-0.39, 0.29) is 17.8 Å². The zero-order valence-electron chi connectivity index (χ0n) is 15.5. The van der Waals surface area contributed by atoms with Crippen LogP contribution in [-0.4, -0.2) is 54.7 Å². The Bertz CT molecular complexity index is 773. The summed E-state index contributed by atoms with van der Waals surface area (Å²) in [5.41, 5.74) is 1.25. The number of hydrogen-bond acceptors (Lipinski definition) is 4. The Morgan fingerprint density at radius 2 is 1.50 bits per heavy atom. The van der Waals surface area contributed by atoms with Crippen LogP contribution in [0.15, 0.2) is 54.6 Å². The highest BCUT2D eigenvalue weighted by molar-refractivity contribution is 5.98. The number of carbonyl (C=O) groups is 1. The molecule has 0 aromatic heterocycles. The second kappa shape index (κ2) is 9.21. The van der Waals surface area contributed by atoms with Gasteiger partial charge in [-0.05, 0) is 17.7 Å². The van der Waals surface area contributed by atoms with Crippen molar-refractivity contribution in [2.24, 2.45) is 0 Å². The maximum atomic E-state index is 12.5. The molecule has 0 bridgehead atoms. The predicted molar refractivity (Wildman–Crippen MR) is 100 cm³/mol. The SMILES string of the molecule is O=C(CCN1CCN(Cc2ccccc2)CC1)c1ccccc1OC(F)(F)F. The van der Waals surface area contributed by atoms with Gasteiger partial charge in [0, 0.05) is 45.7 Å². The zero-order valence-corrected chi connectivity index (χ0v) is 15.5. The molecule has 2 aromatic carbocycles. The summed E-state index contributed by atoms with van der Waals surface area (Å²) < 4.78 is 41.5. The molecule has 1 aliphatic rings. The van der Waals surface area contributed by atoms with Crippen LogP contribution in [0.1, 0.15) is 22.3 Å². The summed E-state index contributed by atoms with van der Waals surface area (Å²) >= 11 is 0. The van der Waals surface area contributed by atoms with Crippen LogP contribution in [0.25, 0.3) is 0 Å². The van der Waals surface area contributed by atoms with Crippen LogP contribution >= 0.6 is 0 Å². The van der Waals surface area contributed by atoms with Gasteiger partial charge in [0.25, 0.3) is 0 Å². The van der Waals surface area contributed by atoms with Crippen LogP contribution in [0.5, 0.6) is 5.75 Å². The van der Waals surface area contributed by atoms with E-state index in [1.165, 1.54) is 23.8 Å². The summed E-state index contributed by atoms with van der Waals surface area (Å²) in [7, 11) is 0. The molecule has 1 heterocycles. The van der Waals surface area contributed by atoms with Gasteiger partial charge < -0.3 is 9.64 Å². The molecule has 150 valence electrons. The summed E-state index contributed by atoms with van der Waals surface area (Å²) in [5, 5.41) is 0. The van der Waals surface area contributed by atoms with E-state index in [0.29, 0.717) is 6.54 Å². The Morgan fingerprint density at radius 1 is 0.893 bits per heavy atom. The first-order valence-electron chi connectivity index (χ1n) is 9.27. The van der Waals surface area contributed by atoms with Gasteiger partial charge >= 0.3 is 6.36 Å². The summed E-state index contributed by atoms with van der Waals surface area (Å²) in [6.45, 7) is 4.89. The molecule has 0 amide bonds. The molecule has 0 atom stereocenters. The molecule has 0 aliphatic carbocycles. The normalized spacial score (nSPS) is 16.1. The Kier molecular flexibility index (Phi) is 6.70. The van der Waals surface area contributed by atoms with Gasteiger partial charge in [-0.3, -0.25) is 9.69 Å². The van der Waals surface area contributed by atoms with Crippen LogP contribution in [0.4, 0.5) is 13.2 Å². The predicted octanol–water partition coefficient (Wildman–Crippen LogP) is 3.98. The lowest BCUT2D eigenvalue weighted by Crippen LogP contribution is -2.46. The van der Waals surface area contributed by atoms with Crippen molar-refractivity contribution in [2.75, 3.05) is 32.7 Å². The molecule has 4 nitrogen and oxygen atoms in total. The number of ether oxygens (including phenoxy) is 1. The number of carbonyl (C=O) groups excluding carboxylic acids is 1. The van der Waals surface area contributed by atoms with E-state index in [9.17, 15) is 18.0 Å². The molecule has 1 aliphatic heterocycles. The first-order valence-corrected chi connectivity index (χ1v) is 9.27. The number of Topliss-reactive ketones (excluding diaryl/α,β-unsaturated/α-hetero) is 1.